The van der Waals surface area contributed by atoms with Crippen LogP contribution in [0.3, 0.4) is 0 Å². The van der Waals surface area contributed by atoms with Crippen LogP contribution in [0, 0.1) is 50.2 Å². The minimum Gasteiger partial charge on any atom is -0.481 e. The fourth-order valence-corrected chi connectivity index (χ4v) is 16.5. The number of carboxylic acids is 1. The van der Waals surface area contributed by atoms with Crippen LogP contribution in [0.2, 0.25) is 0 Å². The van der Waals surface area contributed by atoms with E-state index in [2.05, 4.69) is 33.8 Å². The van der Waals surface area contributed by atoms with Gasteiger partial charge in [0.25, 0.3) is 0 Å². The normalized spacial score (nSPS) is 54.0. The van der Waals surface area contributed by atoms with Gasteiger partial charge in [-0.05, 0) is 104 Å². The highest BCUT2D eigenvalue weighted by Gasteiger charge is 2.73. The molecule has 0 amide bonds. The lowest BCUT2D eigenvalue weighted by atomic mass is 9.33. The molecule has 30 atom stereocenters. The maximum atomic E-state index is 14.8. The number of aliphatic hydroxyl groups excluding tert-OH is 15. The molecule has 0 aromatic carbocycles. The minimum atomic E-state index is -2.07. The fraction of sp³-hybridized carbons (Fsp3) is 0.926. The number of allylic oxidation sites excluding steroid dienone is 2. The molecule has 9 aliphatic rings. The van der Waals surface area contributed by atoms with E-state index in [0.717, 1.165) is 5.57 Å². The number of aliphatic carboxylic acids is 1. The monoisotopic (exact) mass is 1150 g/mol. The van der Waals surface area contributed by atoms with Gasteiger partial charge in [-0.1, -0.05) is 46.3 Å². The molecule has 80 heavy (non-hydrogen) atoms. The van der Waals surface area contributed by atoms with Crippen molar-refractivity contribution in [2.45, 2.75) is 234 Å². The third-order valence-electron chi connectivity index (χ3n) is 21.5. The first-order valence-electron chi connectivity index (χ1n) is 28.1. The molecule has 4 saturated carbocycles. The van der Waals surface area contributed by atoms with Crippen LogP contribution in [0.25, 0.3) is 0 Å². The Morgan fingerprint density at radius 3 is 1.52 bits per heavy atom. The lowest BCUT2D eigenvalue weighted by molar-refractivity contribution is -0.400. The number of hydrogen-bond donors (Lipinski definition) is 16. The van der Waals surface area contributed by atoms with Gasteiger partial charge in [-0.25, -0.2) is 0 Å². The molecule has 30 unspecified atom stereocenters. The number of carbonyl (C=O) groups is 2. The summed E-state index contributed by atoms with van der Waals surface area (Å²) < 4.78 is 47.5. The lowest BCUT2D eigenvalue weighted by Crippen LogP contribution is -2.71. The molecule has 9 rings (SSSR count). The van der Waals surface area contributed by atoms with E-state index in [0.29, 0.717) is 51.4 Å². The Morgan fingerprint density at radius 2 is 1.00 bits per heavy atom. The van der Waals surface area contributed by atoms with E-state index >= 15 is 0 Å². The Morgan fingerprint density at radius 1 is 0.537 bits per heavy atom. The molecular formula is C54H86O26. The van der Waals surface area contributed by atoms with Gasteiger partial charge in [0.2, 0.25) is 6.29 Å². The van der Waals surface area contributed by atoms with Gasteiger partial charge in [0, 0.05) is 0 Å². The highest BCUT2D eigenvalue weighted by atomic mass is 16.8. The first kappa shape index (κ1) is 62.3. The van der Waals surface area contributed by atoms with Gasteiger partial charge in [-0.3, -0.25) is 9.59 Å². The zero-order chi connectivity index (χ0) is 58.7. The summed E-state index contributed by atoms with van der Waals surface area (Å²) in [5.74, 6) is -3.28. The van der Waals surface area contributed by atoms with Crippen molar-refractivity contribution in [1.29, 1.82) is 0 Å². The quantitative estimate of drug-likeness (QED) is 0.0475. The number of hydrogen-bond acceptors (Lipinski definition) is 25. The molecule has 16 N–H and O–H groups in total. The average molecular weight is 1150 g/mol. The maximum Gasteiger partial charge on any atom is 0.315 e. The number of ether oxygens (including phenoxy) is 8. The summed E-state index contributed by atoms with van der Waals surface area (Å²) >= 11 is 0. The van der Waals surface area contributed by atoms with E-state index in [-0.39, 0.29) is 23.7 Å². The summed E-state index contributed by atoms with van der Waals surface area (Å²) in [4.78, 5) is 29.0. The maximum absolute atomic E-state index is 14.8. The van der Waals surface area contributed by atoms with Crippen LogP contribution in [0.15, 0.2) is 11.6 Å². The summed E-state index contributed by atoms with van der Waals surface area (Å²) in [5, 5.41) is 173. The van der Waals surface area contributed by atoms with Gasteiger partial charge < -0.3 is 120 Å². The molecule has 5 aliphatic carbocycles. The standard InChI is InChI=1S/C54H86O26/c1-49(2)11-13-54(48(72)80-44-39(69)35(65)31(61)25(18-56)74-44)14-12-51(4)21(22(54)15-49)7-8-28-50(3)16-23(59)42(53(6,47(70)71)29(50)9-10-52(28,51)5)79-46-41(37(67)33(63)27(20-58)76-46)78-45-40(36(66)32(62)26(19-57)75-45)77-43-38(68)34(64)30(60)24(17-55)73-43/h7,22-46,55-69H,8-20H2,1-6H3,(H,70,71). The second-order valence-electron chi connectivity index (χ2n) is 26.2. The predicted molar refractivity (Wildman–Crippen MR) is 266 cm³/mol. The van der Waals surface area contributed by atoms with Crippen LogP contribution in [0.4, 0.5) is 0 Å². The van der Waals surface area contributed by atoms with Gasteiger partial charge in [0.05, 0.1) is 43.4 Å². The second-order valence-corrected chi connectivity index (χ2v) is 26.2. The number of esters is 1. The third-order valence-corrected chi connectivity index (χ3v) is 21.5. The van der Waals surface area contributed by atoms with Gasteiger partial charge in [-0.15, -0.1) is 0 Å². The smallest absolute Gasteiger partial charge is 0.315 e. The summed E-state index contributed by atoms with van der Waals surface area (Å²) in [7, 11) is 0. The van der Waals surface area contributed by atoms with Crippen LogP contribution >= 0.6 is 0 Å². The van der Waals surface area contributed by atoms with Crippen molar-refractivity contribution in [3.05, 3.63) is 11.6 Å². The topological polar surface area (TPSA) is 432 Å². The predicted octanol–water partition coefficient (Wildman–Crippen LogP) is -4.00. The van der Waals surface area contributed by atoms with Crippen LogP contribution in [0.1, 0.15) is 99.3 Å². The second kappa shape index (κ2) is 22.6. The molecule has 26 heteroatoms. The molecule has 4 saturated heterocycles. The summed E-state index contributed by atoms with van der Waals surface area (Å²) in [6.07, 6.45) is -33.6. The molecule has 0 aromatic rings. The number of aliphatic hydroxyl groups is 15. The van der Waals surface area contributed by atoms with E-state index in [1.807, 2.05) is 6.92 Å². The van der Waals surface area contributed by atoms with E-state index < -0.39 is 206 Å². The molecule has 0 aromatic heterocycles. The van der Waals surface area contributed by atoms with Crippen molar-refractivity contribution < 1.29 is 129 Å². The Hall–Kier alpha value is -2.20. The summed E-state index contributed by atoms with van der Waals surface area (Å²) in [5.41, 5.74) is -4.19. The molecule has 4 aliphatic heterocycles. The number of carboxylic acid groups (broad SMARTS) is 1. The van der Waals surface area contributed by atoms with Crippen molar-refractivity contribution in [2.75, 3.05) is 26.4 Å². The van der Waals surface area contributed by atoms with Crippen molar-refractivity contribution in [3.63, 3.8) is 0 Å². The lowest BCUT2D eigenvalue weighted by Gasteiger charge is -2.71. The van der Waals surface area contributed by atoms with Crippen LogP contribution in [-0.4, -0.2) is 255 Å². The van der Waals surface area contributed by atoms with Gasteiger partial charge >= 0.3 is 11.9 Å². The van der Waals surface area contributed by atoms with E-state index in [4.69, 9.17) is 37.9 Å². The number of rotatable bonds is 13. The van der Waals surface area contributed by atoms with Crippen molar-refractivity contribution in [3.8, 4) is 0 Å². The highest BCUT2D eigenvalue weighted by Crippen LogP contribution is 2.76. The third kappa shape index (κ3) is 9.82. The van der Waals surface area contributed by atoms with E-state index in [1.54, 1.807) is 0 Å². The fourth-order valence-electron chi connectivity index (χ4n) is 16.5. The Balaban J connectivity index is 1.01. The molecule has 0 radical (unpaired) electrons. The molecule has 0 bridgehead atoms. The Bertz CT molecular complexity index is 2250. The zero-order valence-corrected chi connectivity index (χ0v) is 45.9. The van der Waals surface area contributed by atoms with Crippen molar-refractivity contribution >= 4 is 11.9 Å². The molecule has 458 valence electrons. The molecule has 0 spiro atoms. The van der Waals surface area contributed by atoms with Crippen LogP contribution in [-0.2, 0) is 47.5 Å². The van der Waals surface area contributed by atoms with Gasteiger partial charge in [0.1, 0.15) is 104 Å². The molecule has 4 heterocycles. The number of carbonyl (C=O) groups excluding carboxylic acids is 1. The molecule has 26 nitrogen and oxygen atoms in total. The first-order valence-corrected chi connectivity index (χ1v) is 28.1. The van der Waals surface area contributed by atoms with Gasteiger partial charge in [0.15, 0.2) is 18.9 Å². The minimum absolute atomic E-state index is 0.00755. The highest BCUT2D eigenvalue weighted by molar-refractivity contribution is 5.79. The van der Waals surface area contributed by atoms with Crippen molar-refractivity contribution in [1.82, 2.24) is 0 Å². The molecular weight excluding hydrogens is 1060 g/mol. The zero-order valence-electron chi connectivity index (χ0n) is 45.9. The van der Waals surface area contributed by atoms with Crippen LogP contribution < -0.4 is 0 Å². The average Bonchev–Trinajstić information content (AvgIpc) is 2.10. The van der Waals surface area contributed by atoms with Gasteiger partial charge in [-0.2, -0.15) is 0 Å². The Kier molecular flexibility index (Phi) is 17.6. The van der Waals surface area contributed by atoms with E-state index in [1.165, 1.54) is 6.92 Å². The number of fused-ring (bicyclic) bond motifs is 7. The first-order chi connectivity index (χ1) is 37.4. The largest absolute Gasteiger partial charge is 0.481 e. The van der Waals surface area contributed by atoms with Crippen LogP contribution in [0.5, 0.6) is 0 Å². The summed E-state index contributed by atoms with van der Waals surface area (Å²) in [6.45, 7) is 8.74. The SMILES string of the molecule is CC1(C)CCC2(C(=O)OC3OC(CO)C(O)C(O)C3O)CCC3(C)C(=CCC4C5(C)CC(O)C(OC6OC(CO)C(O)C(O)C6OC6OC(CO)C(O)C(O)C6OC6OC(CO)C(O)C(O)C6O)C(C)(C(=O)O)C5CCC43C)C2C1. The Labute approximate surface area is 462 Å². The van der Waals surface area contributed by atoms with Crippen molar-refractivity contribution in [2.24, 2.45) is 50.2 Å². The summed E-state index contributed by atoms with van der Waals surface area (Å²) in [6, 6.07) is 0. The van der Waals surface area contributed by atoms with E-state index in [9.17, 15) is 91.3 Å². The molecule has 8 fully saturated rings.